The van der Waals surface area contributed by atoms with Gasteiger partial charge in [0.25, 0.3) is 0 Å². The standard InChI is InChI=1S/C10H9ClN4OS/c11-8-3-1-7(17-8)2-4-10(16)12-5-9-13-6-14-15-9/h1-4,6H,5H2,(H,12,16)(H,13,14,15)/b4-2+. The highest BCUT2D eigenvalue weighted by atomic mass is 35.5. The number of hydrogen-bond acceptors (Lipinski definition) is 4. The molecule has 5 nitrogen and oxygen atoms in total. The molecule has 2 heterocycles. The van der Waals surface area contributed by atoms with Crippen LogP contribution in [0.25, 0.3) is 6.08 Å². The zero-order valence-electron chi connectivity index (χ0n) is 8.68. The number of thiophene rings is 1. The second-order valence-corrected chi connectivity index (χ2v) is 4.87. The molecule has 7 heteroatoms. The van der Waals surface area contributed by atoms with Crippen LogP contribution in [-0.4, -0.2) is 21.1 Å². The van der Waals surface area contributed by atoms with E-state index >= 15 is 0 Å². The lowest BCUT2D eigenvalue weighted by Gasteiger charge is -1.97. The zero-order valence-corrected chi connectivity index (χ0v) is 10.3. The van der Waals surface area contributed by atoms with Crippen LogP contribution in [0.3, 0.4) is 0 Å². The Morgan fingerprint density at radius 2 is 2.47 bits per heavy atom. The highest BCUT2D eigenvalue weighted by Crippen LogP contribution is 2.22. The number of carbonyl (C=O) groups is 1. The summed E-state index contributed by atoms with van der Waals surface area (Å²) in [6.07, 6.45) is 4.57. The summed E-state index contributed by atoms with van der Waals surface area (Å²) in [4.78, 5) is 16.3. The monoisotopic (exact) mass is 268 g/mol. The number of rotatable bonds is 4. The normalized spacial score (nSPS) is 10.9. The average molecular weight is 269 g/mol. The van der Waals surface area contributed by atoms with Crippen LogP contribution in [0, 0.1) is 0 Å². The largest absolute Gasteiger partial charge is 0.345 e. The first-order valence-electron chi connectivity index (χ1n) is 4.79. The first-order valence-corrected chi connectivity index (χ1v) is 5.99. The van der Waals surface area contributed by atoms with Crippen LogP contribution < -0.4 is 5.32 Å². The smallest absolute Gasteiger partial charge is 0.244 e. The van der Waals surface area contributed by atoms with E-state index in [1.807, 2.05) is 6.07 Å². The molecule has 0 bridgehead atoms. The molecular weight excluding hydrogens is 260 g/mol. The van der Waals surface area contributed by atoms with Gasteiger partial charge in [-0.1, -0.05) is 11.6 Å². The molecule has 17 heavy (non-hydrogen) atoms. The summed E-state index contributed by atoms with van der Waals surface area (Å²) < 4.78 is 0.701. The van der Waals surface area contributed by atoms with Gasteiger partial charge >= 0.3 is 0 Å². The summed E-state index contributed by atoms with van der Waals surface area (Å²) in [6.45, 7) is 0.328. The van der Waals surface area contributed by atoms with E-state index in [9.17, 15) is 4.79 Å². The molecular formula is C10H9ClN4OS. The summed E-state index contributed by atoms with van der Waals surface area (Å²) in [6, 6.07) is 3.64. The number of nitrogens with zero attached hydrogens (tertiary/aromatic N) is 2. The Kier molecular flexibility index (Phi) is 3.89. The van der Waals surface area contributed by atoms with Gasteiger partial charge in [0, 0.05) is 11.0 Å². The number of carbonyl (C=O) groups excluding carboxylic acids is 1. The number of aromatic amines is 1. The van der Waals surface area contributed by atoms with Gasteiger partial charge in [0.1, 0.15) is 12.2 Å². The van der Waals surface area contributed by atoms with Gasteiger partial charge in [-0.3, -0.25) is 9.89 Å². The highest BCUT2D eigenvalue weighted by Gasteiger charge is 1.99. The van der Waals surface area contributed by atoms with Crippen molar-refractivity contribution < 1.29 is 4.79 Å². The van der Waals surface area contributed by atoms with Crippen LogP contribution in [0.15, 0.2) is 24.5 Å². The molecule has 0 saturated carbocycles. The molecule has 0 saturated heterocycles. The van der Waals surface area contributed by atoms with Gasteiger partial charge in [0.05, 0.1) is 10.9 Å². The number of H-pyrrole nitrogens is 1. The molecule has 0 atom stereocenters. The van der Waals surface area contributed by atoms with E-state index in [1.165, 1.54) is 23.7 Å². The van der Waals surface area contributed by atoms with Gasteiger partial charge in [-0.15, -0.1) is 11.3 Å². The molecule has 0 aromatic carbocycles. The molecule has 2 N–H and O–H groups in total. The number of aromatic nitrogens is 3. The Labute approximate surface area is 107 Å². The second-order valence-electron chi connectivity index (χ2n) is 3.13. The highest BCUT2D eigenvalue weighted by molar-refractivity contribution is 7.17. The molecule has 0 aliphatic carbocycles. The van der Waals surface area contributed by atoms with Crippen molar-refractivity contribution in [2.45, 2.75) is 6.54 Å². The fraction of sp³-hybridized carbons (Fsp3) is 0.100. The van der Waals surface area contributed by atoms with Crippen molar-refractivity contribution in [2.75, 3.05) is 0 Å². The fourth-order valence-corrected chi connectivity index (χ4v) is 2.09. The van der Waals surface area contributed by atoms with Crippen molar-refractivity contribution in [1.29, 1.82) is 0 Å². The minimum Gasteiger partial charge on any atom is -0.345 e. The molecule has 88 valence electrons. The summed E-state index contributed by atoms with van der Waals surface area (Å²) >= 11 is 7.18. The summed E-state index contributed by atoms with van der Waals surface area (Å²) in [5, 5.41) is 9.01. The maximum Gasteiger partial charge on any atom is 0.244 e. The lowest BCUT2D eigenvalue weighted by atomic mass is 10.4. The van der Waals surface area contributed by atoms with E-state index in [1.54, 1.807) is 12.1 Å². The lowest BCUT2D eigenvalue weighted by Crippen LogP contribution is -2.20. The third-order valence-electron chi connectivity index (χ3n) is 1.89. The van der Waals surface area contributed by atoms with E-state index < -0.39 is 0 Å². The molecule has 0 radical (unpaired) electrons. The third kappa shape index (κ3) is 3.69. The van der Waals surface area contributed by atoms with Crippen LogP contribution in [0.1, 0.15) is 10.7 Å². The van der Waals surface area contributed by atoms with E-state index in [-0.39, 0.29) is 5.91 Å². The molecule has 2 aromatic rings. The average Bonchev–Trinajstić information content (AvgIpc) is 2.95. The van der Waals surface area contributed by atoms with Crippen molar-refractivity contribution in [1.82, 2.24) is 20.5 Å². The Morgan fingerprint density at radius 3 is 3.12 bits per heavy atom. The van der Waals surface area contributed by atoms with Crippen molar-refractivity contribution in [2.24, 2.45) is 0 Å². The van der Waals surface area contributed by atoms with Gasteiger partial charge in [-0.05, 0) is 18.2 Å². The number of amides is 1. The van der Waals surface area contributed by atoms with Crippen molar-refractivity contribution >= 4 is 34.9 Å². The Bertz CT molecular complexity index is 520. The molecule has 0 aliphatic heterocycles. The molecule has 1 amide bonds. The number of hydrogen-bond donors (Lipinski definition) is 2. The van der Waals surface area contributed by atoms with E-state index in [0.29, 0.717) is 16.7 Å². The van der Waals surface area contributed by atoms with Crippen LogP contribution >= 0.6 is 22.9 Å². The molecule has 0 fully saturated rings. The van der Waals surface area contributed by atoms with Gasteiger partial charge in [-0.25, -0.2) is 4.98 Å². The number of halogens is 1. The summed E-state index contributed by atoms with van der Waals surface area (Å²) in [7, 11) is 0. The van der Waals surface area contributed by atoms with Gasteiger partial charge in [0.15, 0.2) is 0 Å². The van der Waals surface area contributed by atoms with Gasteiger partial charge < -0.3 is 5.32 Å². The zero-order chi connectivity index (χ0) is 12.1. The fourth-order valence-electron chi connectivity index (χ4n) is 1.12. The van der Waals surface area contributed by atoms with Crippen LogP contribution in [0.4, 0.5) is 0 Å². The molecule has 2 aromatic heterocycles. The van der Waals surface area contributed by atoms with Crippen molar-refractivity contribution in [3.63, 3.8) is 0 Å². The molecule has 0 spiro atoms. The van der Waals surface area contributed by atoms with Crippen LogP contribution in [0.2, 0.25) is 4.34 Å². The van der Waals surface area contributed by atoms with E-state index in [0.717, 1.165) is 4.88 Å². The SMILES string of the molecule is O=C(/C=C/c1ccc(Cl)s1)NCc1ncn[nH]1. The predicted molar refractivity (Wildman–Crippen MR) is 66.6 cm³/mol. The van der Waals surface area contributed by atoms with Gasteiger partial charge in [-0.2, -0.15) is 5.10 Å². The Balaban J connectivity index is 1.83. The Hall–Kier alpha value is -1.66. The predicted octanol–water partition coefficient (Wildman–Crippen LogP) is 1.85. The first kappa shape index (κ1) is 11.8. The minimum absolute atomic E-state index is 0.189. The van der Waals surface area contributed by atoms with Crippen LogP contribution in [0.5, 0.6) is 0 Å². The third-order valence-corrected chi connectivity index (χ3v) is 3.08. The van der Waals surface area contributed by atoms with E-state index in [4.69, 9.17) is 11.6 Å². The molecule has 0 aliphatic rings. The number of nitrogens with one attached hydrogen (secondary N) is 2. The van der Waals surface area contributed by atoms with Gasteiger partial charge in [0.2, 0.25) is 5.91 Å². The quantitative estimate of drug-likeness (QED) is 0.832. The summed E-state index contributed by atoms with van der Waals surface area (Å²) in [5.41, 5.74) is 0. The first-order chi connectivity index (χ1) is 8.24. The second kappa shape index (κ2) is 5.60. The maximum absolute atomic E-state index is 11.4. The lowest BCUT2D eigenvalue weighted by molar-refractivity contribution is -0.116. The van der Waals surface area contributed by atoms with Crippen LogP contribution in [-0.2, 0) is 11.3 Å². The maximum atomic E-state index is 11.4. The molecule has 0 unspecified atom stereocenters. The van der Waals surface area contributed by atoms with Crippen molar-refractivity contribution in [3.05, 3.63) is 39.6 Å². The topological polar surface area (TPSA) is 70.7 Å². The van der Waals surface area contributed by atoms with E-state index in [2.05, 4.69) is 20.5 Å². The minimum atomic E-state index is -0.189. The molecule has 2 rings (SSSR count). The summed E-state index contributed by atoms with van der Waals surface area (Å²) in [5.74, 6) is 0.428. The van der Waals surface area contributed by atoms with Crippen molar-refractivity contribution in [3.8, 4) is 0 Å². The Morgan fingerprint density at radius 1 is 1.59 bits per heavy atom.